The van der Waals surface area contributed by atoms with Crippen LogP contribution in [0.4, 0.5) is 0 Å². The van der Waals surface area contributed by atoms with E-state index in [2.05, 4.69) is 12.6 Å². The van der Waals surface area contributed by atoms with Crippen LogP contribution in [0.3, 0.4) is 0 Å². The highest BCUT2D eigenvalue weighted by Gasteiger charge is 2.12. The lowest BCUT2D eigenvalue weighted by Gasteiger charge is -2.00. The summed E-state index contributed by atoms with van der Waals surface area (Å²) in [7, 11) is 0. The first-order valence-electron chi connectivity index (χ1n) is 2.66. The largest absolute Gasteiger partial charge is 0.481 e. The summed E-state index contributed by atoms with van der Waals surface area (Å²) in [6, 6.07) is 0. The average Bonchev–Trinajstić information content (AvgIpc) is 1.82. The van der Waals surface area contributed by atoms with E-state index in [4.69, 9.17) is 10.2 Å². The number of carboxylic acids is 2. The maximum atomic E-state index is 10.0. The second-order valence-electron chi connectivity index (χ2n) is 1.79. The molecular weight excluding hydrogens is 156 g/mol. The molecule has 1 unspecified atom stereocenters. The van der Waals surface area contributed by atoms with E-state index in [0.29, 0.717) is 0 Å². The lowest BCUT2D eigenvalue weighted by Crippen LogP contribution is -2.14. The van der Waals surface area contributed by atoms with Crippen molar-refractivity contribution in [1.82, 2.24) is 0 Å². The van der Waals surface area contributed by atoms with Crippen LogP contribution in [0.2, 0.25) is 0 Å². The number of rotatable bonds is 4. The average molecular weight is 164 g/mol. The highest BCUT2D eigenvalue weighted by molar-refractivity contribution is 7.81. The molecule has 0 amide bonds. The van der Waals surface area contributed by atoms with Gasteiger partial charge in [-0.3, -0.25) is 9.59 Å². The fourth-order valence-electron chi connectivity index (χ4n) is 0.384. The molecule has 4 nitrogen and oxygen atoms in total. The van der Waals surface area contributed by atoms with Gasteiger partial charge in [0.2, 0.25) is 0 Å². The quantitative estimate of drug-likeness (QED) is 0.520. The van der Waals surface area contributed by atoms with Gasteiger partial charge < -0.3 is 10.2 Å². The van der Waals surface area contributed by atoms with E-state index in [1.54, 1.807) is 0 Å². The van der Waals surface area contributed by atoms with Crippen LogP contribution in [0.25, 0.3) is 0 Å². The van der Waals surface area contributed by atoms with Crippen molar-refractivity contribution in [1.29, 1.82) is 0 Å². The molecule has 0 heterocycles. The predicted octanol–water partition coefficient (Wildman–Crippen LogP) is 0.234. The van der Waals surface area contributed by atoms with Crippen LogP contribution in [0.1, 0.15) is 12.8 Å². The third-order valence-corrected chi connectivity index (χ3v) is 1.40. The molecule has 5 heteroatoms. The van der Waals surface area contributed by atoms with Crippen LogP contribution in [0, 0.1) is 0 Å². The first kappa shape index (κ1) is 9.29. The van der Waals surface area contributed by atoms with E-state index in [-0.39, 0.29) is 12.8 Å². The van der Waals surface area contributed by atoms with E-state index in [1.165, 1.54) is 0 Å². The predicted molar refractivity (Wildman–Crippen MR) is 37.3 cm³/mol. The number of carboxylic acid groups (broad SMARTS) is 2. The number of aliphatic carboxylic acids is 2. The minimum atomic E-state index is -1.08. The Bertz CT molecular complexity index is 145. The van der Waals surface area contributed by atoms with Crippen molar-refractivity contribution in [2.24, 2.45) is 0 Å². The molecule has 0 aromatic rings. The Kier molecular flexibility index (Phi) is 3.87. The van der Waals surface area contributed by atoms with Crippen molar-refractivity contribution in [2.45, 2.75) is 18.1 Å². The smallest absolute Gasteiger partial charge is 0.316 e. The Labute approximate surface area is 63.3 Å². The van der Waals surface area contributed by atoms with Gasteiger partial charge in [-0.1, -0.05) is 0 Å². The molecule has 0 spiro atoms. The van der Waals surface area contributed by atoms with Crippen LogP contribution < -0.4 is 0 Å². The molecule has 1 atom stereocenters. The first-order chi connectivity index (χ1) is 4.54. The van der Waals surface area contributed by atoms with Gasteiger partial charge >= 0.3 is 11.9 Å². The molecule has 0 radical (unpaired) electrons. The molecular formula is C5H8O4S. The summed E-state index contributed by atoms with van der Waals surface area (Å²) in [5.41, 5.74) is 0. The van der Waals surface area contributed by atoms with Gasteiger partial charge in [-0.15, -0.1) is 0 Å². The monoisotopic (exact) mass is 164 g/mol. The SMILES string of the molecule is O=C(O)CCC(S)C(=O)O. The second kappa shape index (κ2) is 4.16. The summed E-state index contributed by atoms with van der Waals surface area (Å²) in [6.07, 6.45) is -0.0890. The van der Waals surface area contributed by atoms with Crippen LogP contribution in [0.15, 0.2) is 0 Å². The Hall–Kier alpha value is -0.710. The minimum Gasteiger partial charge on any atom is -0.481 e. The van der Waals surface area contributed by atoms with E-state index in [9.17, 15) is 9.59 Å². The molecule has 0 saturated carbocycles. The summed E-state index contributed by atoms with van der Waals surface area (Å²) < 4.78 is 0. The third kappa shape index (κ3) is 4.20. The Morgan fingerprint density at radius 3 is 2.20 bits per heavy atom. The molecule has 0 aliphatic carbocycles. The van der Waals surface area contributed by atoms with Gasteiger partial charge in [0.05, 0.1) is 5.25 Å². The van der Waals surface area contributed by atoms with Crippen molar-refractivity contribution >= 4 is 24.6 Å². The zero-order valence-corrected chi connectivity index (χ0v) is 6.04. The lowest BCUT2D eigenvalue weighted by molar-refractivity contribution is -0.138. The highest BCUT2D eigenvalue weighted by atomic mass is 32.1. The molecule has 0 aliphatic rings. The molecule has 10 heavy (non-hydrogen) atoms. The Morgan fingerprint density at radius 1 is 1.40 bits per heavy atom. The van der Waals surface area contributed by atoms with Gasteiger partial charge in [-0.25, -0.2) is 0 Å². The summed E-state index contributed by atoms with van der Waals surface area (Å²) in [5, 5.41) is 15.5. The normalized spacial score (nSPS) is 12.5. The molecule has 0 aromatic heterocycles. The zero-order valence-electron chi connectivity index (χ0n) is 5.15. The molecule has 2 N–H and O–H groups in total. The molecule has 0 fully saturated rings. The number of hydrogen-bond donors (Lipinski definition) is 3. The van der Waals surface area contributed by atoms with Crippen molar-refractivity contribution in [3.63, 3.8) is 0 Å². The van der Waals surface area contributed by atoms with Crippen LogP contribution >= 0.6 is 12.6 Å². The second-order valence-corrected chi connectivity index (χ2v) is 2.41. The molecule has 0 saturated heterocycles. The van der Waals surface area contributed by atoms with Crippen LogP contribution in [-0.4, -0.2) is 27.4 Å². The summed E-state index contributed by atoms with van der Waals surface area (Å²) in [4.78, 5) is 19.9. The lowest BCUT2D eigenvalue weighted by atomic mass is 10.2. The van der Waals surface area contributed by atoms with Gasteiger partial charge in [0.15, 0.2) is 0 Å². The molecule has 0 aromatic carbocycles. The standard InChI is InChI=1S/C5H8O4S/c6-4(7)2-1-3(10)5(8)9/h3,10H,1-2H2,(H,6,7)(H,8,9). The summed E-state index contributed by atoms with van der Waals surface area (Å²) in [5.74, 6) is -2.08. The van der Waals surface area contributed by atoms with Gasteiger partial charge in [0, 0.05) is 6.42 Å². The summed E-state index contributed by atoms with van der Waals surface area (Å²) in [6.45, 7) is 0. The zero-order chi connectivity index (χ0) is 8.15. The van der Waals surface area contributed by atoms with E-state index >= 15 is 0 Å². The molecule has 0 rings (SSSR count). The Balaban J connectivity index is 3.49. The first-order valence-corrected chi connectivity index (χ1v) is 3.18. The van der Waals surface area contributed by atoms with Crippen LogP contribution in [0.5, 0.6) is 0 Å². The minimum absolute atomic E-state index is 0.0633. The third-order valence-electron chi connectivity index (χ3n) is 0.917. The van der Waals surface area contributed by atoms with Crippen molar-refractivity contribution < 1.29 is 19.8 Å². The van der Waals surface area contributed by atoms with E-state index < -0.39 is 17.2 Å². The van der Waals surface area contributed by atoms with Gasteiger partial charge in [0.25, 0.3) is 0 Å². The van der Waals surface area contributed by atoms with Gasteiger partial charge in [-0.05, 0) is 6.42 Å². The van der Waals surface area contributed by atoms with E-state index in [0.717, 1.165) is 0 Å². The highest BCUT2D eigenvalue weighted by Crippen LogP contribution is 2.03. The molecule has 0 aliphatic heterocycles. The number of thiol groups is 1. The van der Waals surface area contributed by atoms with Crippen molar-refractivity contribution in [3.05, 3.63) is 0 Å². The van der Waals surface area contributed by atoms with E-state index in [1.807, 2.05) is 0 Å². The number of carbonyl (C=O) groups is 2. The maximum absolute atomic E-state index is 10.0. The fraction of sp³-hybridized carbons (Fsp3) is 0.600. The van der Waals surface area contributed by atoms with Gasteiger partial charge in [-0.2, -0.15) is 12.6 Å². The molecule has 0 bridgehead atoms. The fourth-order valence-corrected chi connectivity index (χ4v) is 0.513. The molecule has 58 valence electrons. The topological polar surface area (TPSA) is 74.6 Å². The van der Waals surface area contributed by atoms with Crippen LogP contribution in [-0.2, 0) is 9.59 Å². The maximum Gasteiger partial charge on any atom is 0.316 e. The van der Waals surface area contributed by atoms with Crippen molar-refractivity contribution in [3.8, 4) is 0 Å². The summed E-state index contributed by atoms with van der Waals surface area (Å²) >= 11 is 3.64. The van der Waals surface area contributed by atoms with Gasteiger partial charge in [0.1, 0.15) is 0 Å². The number of hydrogen-bond acceptors (Lipinski definition) is 3. The Morgan fingerprint density at radius 2 is 1.90 bits per heavy atom. The van der Waals surface area contributed by atoms with Crippen molar-refractivity contribution in [2.75, 3.05) is 0 Å².